The summed E-state index contributed by atoms with van der Waals surface area (Å²) in [5.41, 5.74) is 6.28. The Labute approximate surface area is 114 Å². The second-order valence-electron chi connectivity index (χ2n) is 6.39. The van der Waals surface area contributed by atoms with E-state index in [-0.39, 0.29) is 11.3 Å². The Morgan fingerprint density at radius 3 is 2.84 bits per heavy atom. The minimum atomic E-state index is 0.0440. The molecule has 2 heterocycles. The fourth-order valence-corrected chi connectivity index (χ4v) is 2.56. The molecule has 1 aliphatic heterocycles. The lowest BCUT2D eigenvalue weighted by atomic mass is 9.80. The molecule has 106 valence electrons. The van der Waals surface area contributed by atoms with Crippen LogP contribution in [0.4, 0.5) is 0 Å². The summed E-state index contributed by atoms with van der Waals surface area (Å²) in [6, 6.07) is 0. The number of nitrogens with two attached hydrogens (primary N) is 1. The maximum absolute atomic E-state index is 12.4. The van der Waals surface area contributed by atoms with Gasteiger partial charge < -0.3 is 15.2 Å². The summed E-state index contributed by atoms with van der Waals surface area (Å²) in [7, 11) is 0. The summed E-state index contributed by atoms with van der Waals surface area (Å²) in [5, 5.41) is 0. The van der Waals surface area contributed by atoms with E-state index >= 15 is 0 Å². The molecule has 1 aromatic heterocycles. The summed E-state index contributed by atoms with van der Waals surface area (Å²) in [6.45, 7) is 9.64. The third kappa shape index (κ3) is 3.15. The van der Waals surface area contributed by atoms with Gasteiger partial charge >= 0.3 is 0 Å². The van der Waals surface area contributed by atoms with Crippen LogP contribution < -0.4 is 5.73 Å². The number of likely N-dealkylation sites (tertiary alicyclic amines) is 1. The average molecular weight is 264 g/mol. The van der Waals surface area contributed by atoms with Crippen molar-refractivity contribution in [2.75, 3.05) is 19.6 Å². The Hall–Kier alpha value is -1.36. The molecule has 1 saturated heterocycles. The summed E-state index contributed by atoms with van der Waals surface area (Å²) < 4.78 is 1.87. The van der Waals surface area contributed by atoms with Crippen molar-refractivity contribution in [3.63, 3.8) is 0 Å². The van der Waals surface area contributed by atoms with Gasteiger partial charge in [-0.25, -0.2) is 4.98 Å². The third-order valence-electron chi connectivity index (χ3n) is 3.94. The molecule has 5 nitrogen and oxygen atoms in total. The average Bonchev–Trinajstić information content (AvgIpc) is 2.96. The highest BCUT2D eigenvalue weighted by atomic mass is 16.2. The zero-order valence-corrected chi connectivity index (χ0v) is 12.1. The van der Waals surface area contributed by atoms with Crippen molar-refractivity contribution in [2.45, 2.75) is 33.7 Å². The topological polar surface area (TPSA) is 64.2 Å². The molecule has 0 bridgehead atoms. The minimum absolute atomic E-state index is 0.0440. The predicted octanol–water partition coefficient (Wildman–Crippen LogP) is 1.35. The van der Waals surface area contributed by atoms with Gasteiger partial charge in [-0.05, 0) is 17.8 Å². The van der Waals surface area contributed by atoms with E-state index in [1.165, 1.54) is 0 Å². The Balaban J connectivity index is 2.00. The molecule has 5 heteroatoms. The van der Waals surface area contributed by atoms with Gasteiger partial charge in [-0.2, -0.15) is 0 Å². The first-order chi connectivity index (χ1) is 8.91. The van der Waals surface area contributed by atoms with Crippen LogP contribution in [0.2, 0.25) is 0 Å². The van der Waals surface area contributed by atoms with Crippen LogP contribution in [0.3, 0.4) is 0 Å². The number of imidazole rings is 1. The Bertz CT molecular complexity index is 447. The van der Waals surface area contributed by atoms with E-state index in [9.17, 15) is 4.79 Å². The molecule has 1 aromatic rings. The standard InChI is InChI=1S/C14H24N4O/c1-14(2,3)11-4-6-18(8-11)13(19)12-9-17(7-5-15)10-16-12/h9-11H,4-8,15H2,1-3H3. The van der Waals surface area contributed by atoms with E-state index in [0.29, 0.717) is 24.7 Å². The number of amides is 1. The van der Waals surface area contributed by atoms with E-state index in [0.717, 1.165) is 19.5 Å². The summed E-state index contributed by atoms with van der Waals surface area (Å²) in [6.07, 6.45) is 4.55. The molecule has 1 aliphatic rings. The molecule has 2 rings (SSSR count). The molecule has 0 spiro atoms. The smallest absolute Gasteiger partial charge is 0.274 e. The van der Waals surface area contributed by atoms with Gasteiger partial charge in [-0.1, -0.05) is 20.8 Å². The number of rotatable bonds is 3. The lowest BCUT2D eigenvalue weighted by molar-refractivity contribution is 0.0771. The van der Waals surface area contributed by atoms with Crippen LogP contribution in [0, 0.1) is 11.3 Å². The molecule has 1 atom stereocenters. The van der Waals surface area contributed by atoms with Gasteiger partial charge in [0.25, 0.3) is 5.91 Å². The van der Waals surface area contributed by atoms with Crippen LogP contribution in [-0.4, -0.2) is 40.0 Å². The van der Waals surface area contributed by atoms with Gasteiger partial charge in [0, 0.05) is 32.4 Å². The number of hydrogen-bond acceptors (Lipinski definition) is 3. The lowest BCUT2D eigenvalue weighted by Crippen LogP contribution is -2.31. The van der Waals surface area contributed by atoms with Crippen LogP contribution in [0.25, 0.3) is 0 Å². The van der Waals surface area contributed by atoms with Gasteiger partial charge in [0.05, 0.1) is 6.33 Å². The molecule has 1 unspecified atom stereocenters. The van der Waals surface area contributed by atoms with Crippen LogP contribution in [0.5, 0.6) is 0 Å². The molecule has 0 aromatic carbocycles. The fraction of sp³-hybridized carbons (Fsp3) is 0.714. The quantitative estimate of drug-likeness (QED) is 0.896. The van der Waals surface area contributed by atoms with Crippen LogP contribution >= 0.6 is 0 Å². The Morgan fingerprint density at radius 2 is 2.26 bits per heavy atom. The molecule has 1 amide bonds. The van der Waals surface area contributed by atoms with Gasteiger partial charge in [0.1, 0.15) is 5.69 Å². The monoisotopic (exact) mass is 264 g/mol. The highest BCUT2D eigenvalue weighted by Crippen LogP contribution is 2.33. The van der Waals surface area contributed by atoms with Gasteiger partial charge in [0.15, 0.2) is 0 Å². The molecular weight excluding hydrogens is 240 g/mol. The lowest BCUT2D eigenvalue weighted by Gasteiger charge is -2.26. The van der Waals surface area contributed by atoms with Crippen molar-refractivity contribution in [1.82, 2.24) is 14.5 Å². The molecular formula is C14H24N4O. The van der Waals surface area contributed by atoms with Crippen LogP contribution in [0.1, 0.15) is 37.7 Å². The normalized spacial score (nSPS) is 20.0. The SMILES string of the molecule is CC(C)(C)C1CCN(C(=O)c2cn(CCN)cn2)C1. The number of nitrogens with zero attached hydrogens (tertiary/aromatic N) is 3. The highest BCUT2D eigenvalue weighted by Gasteiger charge is 2.34. The van der Waals surface area contributed by atoms with Crippen LogP contribution in [0.15, 0.2) is 12.5 Å². The zero-order valence-electron chi connectivity index (χ0n) is 12.1. The number of hydrogen-bond donors (Lipinski definition) is 1. The van der Waals surface area contributed by atoms with Gasteiger partial charge in [0.2, 0.25) is 0 Å². The Kier molecular flexibility index (Phi) is 3.94. The first kappa shape index (κ1) is 14.1. The van der Waals surface area contributed by atoms with Gasteiger partial charge in [-0.3, -0.25) is 4.79 Å². The van der Waals surface area contributed by atoms with E-state index in [4.69, 9.17) is 5.73 Å². The fourth-order valence-electron chi connectivity index (χ4n) is 2.56. The predicted molar refractivity (Wildman–Crippen MR) is 74.7 cm³/mol. The van der Waals surface area contributed by atoms with E-state index < -0.39 is 0 Å². The summed E-state index contributed by atoms with van der Waals surface area (Å²) in [4.78, 5) is 18.5. The summed E-state index contributed by atoms with van der Waals surface area (Å²) >= 11 is 0. The van der Waals surface area contributed by atoms with Crippen molar-refractivity contribution in [3.05, 3.63) is 18.2 Å². The van der Waals surface area contributed by atoms with E-state index in [1.807, 2.05) is 9.47 Å². The maximum Gasteiger partial charge on any atom is 0.274 e. The molecule has 0 aliphatic carbocycles. The highest BCUT2D eigenvalue weighted by molar-refractivity contribution is 5.92. The second-order valence-corrected chi connectivity index (χ2v) is 6.39. The summed E-state index contributed by atoms with van der Waals surface area (Å²) in [5.74, 6) is 0.616. The van der Waals surface area contributed by atoms with Crippen molar-refractivity contribution in [2.24, 2.45) is 17.1 Å². The van der Waals surface area contributed by atoms with Crippen LogP contribution in [-0.2, 0) is 6.54 Å². The zero-order chi connectivity index (χ0) is 14.0. The molecule has 19 heavy (non-hydrogen) atoms. The van der Waals surface area contributed by atoms with Crippen molar-refractivity contribution < 1.29 is 4.79 Å². The van der Waals surface area contributed by atoms with Crippen molar-refractivity contribution in [1.29, 1.82) is 0 Å². The van der Waals surface area contributed by atoms with Crippen molar-refractivity contribution >= 4 is 5.91 Å². The van der Waals surface area contributed by atoms with Crippen molar-refractivity contribution in [3.8, 4) is 0 Å². The molecule has 2 N–H and O–H groups in total. The number of carbonyl (C=O) groups is 1. The molecule has 0 saturated carbocycles. The first-order valence-electron chi connectivity index (χ1n) is 6.93. The molecule has 0 radical (unpaired) electrons. The second kappa shape index (κ2) is 5.33. The van der Waals surface area contributed by atoms with Gasteiger partial charge in [-0.15, -0.1) is 0 Å². The largest absolute Gasteiger partial charge is 0.337 e. The third-order valence-corrected chi connectivity index (χ3v) is 3.94. The number of carbonyl (C=O) groups excluding carboxylic acids is 1. The minimum Gasteiger partial charge on any atom is -0.337 e. The van der Waals surface area contributed by atoms with E-state index in [2.05, 4.69) is 25.8 Å². The first-order valence-corrected chi connectivity index (χ1v) is 6.93. The maximum atomic E-state index is 12.4. The Morgan fingerprint density at radius 1 is 1.53 bits per heavy atom. The molecule has 1 fully saturated rings. The van der Waals surface area contributed by atoms with E-state index in [1.54, 1.807) is 12.5 Å². The number of aromatic nitrogens is 2.